The van der Waals surface area contributed by atoms with E-state index in [1.54, 1.807) is 0 Å². The predicted molar refractivity (Wildman–Crippen MR) is 113 cm³/mol. The molecule has 0 bridgehead atoms. The highest BCUT2D eigenvalue weighted by Gasteiger charge is 2.24. The van der Waals surface area contributed by atoms with Crippen LogP contribution in [0.2, 0.25) is 0 Å². The summed E-state index contributed by atoms with van der Waals surface area (Å²) in [6, 6.07) is 18.9. The summed E-state index contributed by atoms with van der Waals surface area (Å²) in [5.41, 5.74) is 7.38. The fraction of sp³-hybridized carbons (Fsp3) is 0.200. The van der Waals surface area contributed by atoms with Crippen molar-refractivity contribution in [1.29, 1.82) is 0 Å². The van der Waals surface area contributed by atoms with Crippen LogP contribution >= 0.6 is 0 Å². The number of carbonyl (C=O) groups is 1. The van der Waals surface area contributed by atoms with E-state index in [0.717, 1.165) is 39.7 Å². The van der Waals surface area contributed by atoms with Gasteiger partial charge in [-0.3, -0.25) is 9.78 Å². The van der Waals surface area contributed by atoms with Crippen LogP contribution in [0.3, 0.4) is 0 Å². The van der Waals surface area contributed by atoms with Crippen molar-refractivity contribution >= 4 is 27.6 Å². The topological polar surface area (TPSA) is 50.2 Å². The fourth-order valence-corrected chi connectivity index (χ4v) is 4.80. The molecule has 0 radical (unpaired) electrons. The average molecular weight is 367 g/mol. The summed E-state index contributed by atoms with van der Waals surface area (Å²) >= 11 is 0. The van der Waals surface area contributed by atoms with E-state index in [-0.39, 0.29) is 6.42 Å². The van der Waals surface area contributed by atoms with Gasteiger partial charge >= 0.3 is 5.97 Å². The highest BCUT2D eigenvalue weighted by molar-refractivity contribution is 6.08. The number of hydrogen-bond acceptors (Lipinski definition) is 2. The third-order valence-corrected chi connectivity index (χ3v) is 6.01. The Hall–Kier alpha value is -3.20. The van der Waals surface area contributed by atoms with E-state index in [1.807, 2.05) is 31.2 Å². The van der Waals surface area contributed by atoms with Gasteiger partial charge in [-0.2, -0.15) is 0 Å². The van der Waals surface area contributed by atoms with E-state index < -0.39 is 5.97 Å². The van der Waals surface area contributed by atoms with Crippen molar-refractivity contribution in [2.24, 2.45) is 0 Å². The van der Waals surface area contributed by atoms with Crippen LogP contribution in [0, 0.1) is 6.92 Å². The summed E-state index contributed by atoms with van der Waals surface area (Å²) in [6.45, 7) is 4.19. The summed E-state index contributed by atoms with van der Waals surface area (Å²) in [6.07, 6.45) is 1.03. The Balaban J connectivity index is 1.93. The maximum atomic E-state index is 11.6. The minimum absolute atomic E-state index is 0.0294. The van der Waals surface area contributed by atoms with Gasteiger partial charge in [0.05, 0.1) is 11.9 Å². The Kier molecular flexibility index (Phi) is 3.73. The molecule has 138 valence electrons. The molecule has 0 saturated heterocycles. The number of carboxylic acids is 1. The Morgan fingerprint density at radius 2 is 1.86 bits per heavy atom. The lowest BCUT2D eigenvalue weighted by Crippen LogP contribution is -2.06. The Labute approximate surface area is 163 Å². The largest absolute Gasteiger partial charge is 0.481 e. The SMILES string of the molecule is Cc1nc2ccccc2c(-c2ccc3c4c(cccc24)C[C@@H]3C)c1CC(=O)O. The van der Waals surface area contributed by atoms with E-state index in [9.17, 15) is 9.90 Å². The number of carboxylic acid groups (broad SMARTS) is 1. The second-order valence-corrected chi connectivity index (χ2v) is 7.79. The molecule has 4 aromatic rings. The van der Waals surface area contributed by atoms with Crippen LogP contribution in [0.15, 0.2) is 54.6 Å². The van der Waals surface area contributed by atoms with E-state index >= 15 is 0 Å². The molecule has 0 amide bonds. The number of para-hydroxylation sites is 1. The molecular formula is C25H21NO2. The lowest BCUT2D eigenvalue weighted by atomic mass is 9.88. The molecule has 1 aliphatic carbocycles. The molecular weight excluding hydrogens is 346 g/mol. The normalized spacial score (nSPS) is 15.4. The number of rotatable bonds is 3. The molecule has 1 atom stereocenters. The molecule has 1 aromatic heterocycles. The summed E-state index contributed by atoms with van der Waals surface area (Å²) in [5, 5.41) is 13.1. The van der Waals surface area contributed by atoms with Gasteiger partial charge in [0.2, 0.25) is 0 Å². The second-order valence-electron chi connectivity index (χ2n) is 7.79. The standard InChI is InChI=1S/C25H21NO2/c1-14-12-16-6-5-8-18-19(11-10-17(14)24(16)18)25-20-7-3-4-9-22(20)26-15(2)21(25)13-23(27)28/h3-11,14H,12-13H2,1-2H3,(H,27,28)/t14-/m0/s1. The van der Waals surface area contributed by atoms with Crippen molar-refractivity contribution in [3.8, 4) is 11.1 Å². The molecule has 1 aliphatic rings. The Bertz CT molecular complexity index is 1270. The number of benzene rings is 3. The Morgan fingerprint density at radius 1 is 1.07 bits per heavy atom. The van der Waals surface area contributed by atoms with Crippen LogP contribution in [0.5, 0.6) is 0 Å². The lowest BCUT2D eigenvalue weighted by molar-refractivity contribution is -0.136. The zero-order valence-electron chi connectivity index (χ0n) is 16.0. The van der Waals surface area contributed by atoms with Crippen LogP contribution in [-0.2, 0) is 17.6 Å². The zero-order chi connectivity index (χ0) is 19.4. The quantitative estimate of drug-likeness (QED) is 0.509. The van der Waals surface area contributed by atoms with Crippen LogP contribution in [0.1, 0.15) is 35.2 Å². The van der Waals surface area contributed by atoms with Gasteiger partial charge in [-0.05, 0) is 63.9 Å². The number of hydrogen-bond donors (Lipinski definition) is 1. The van der Waals surface area contributed by atoms with E-state index in [4.69, 9.17) is 4.98 Å². The van der Waals surface area contributed by atoms with Crippen molar-refractivity contribution in [1.82, 2.24) is 4.98 Å². The van der Waals surface area contributed by atoms with Crippen LogP contribution < -0.4 is 0 Å². The molecule has 28 heavy (non-hydrogen) atoms. The summed E-state index contributed by atoms with van der Waals surface area (Å²) in [5.74, 6) is -0.315. The molecule has 0 spiro atoms. The van der Waals surface area contributed by atoms with Crippen molar-refractivity contribution < 1.29 is 9.90 Å². The van der Waals surface area contributed by atoms with Gasteiger partial charge in [0.25, 0.3) is 0 Å². The Morgan fingerprint density at radius 3 is 2.68 bits per heavy atom. The monoisotopic (exact) mass is 367 g/mol. The highest BCUT2D eigenvalue weighted by atomic mass is 16.4. The first kappa shape index (κ1) is 16.9. The van der Waals surface area contributed by atoms with Gasteiger partial charge in [0, 0.05) is 11.1 Å². The molecule has 0 saturated carbocycles. The zero-order valence-corrected chi connectivity index (χ0v) is 16.0. The maximum absolute atomic E-state index is 11.6. The fourth-order valence-electron chi connectivity index (χ4n) is 4.80. The van der Waals surface area contributed by atoms with E-state index in [2.05, 4.69) is 37.3 Å². The number of fused-ring (bicyclic) bond motifs is 1. The summed E-state index contributed by atoms with van der Waals surface area (Å²) < 4.78 is 0. The molecule has 5 rings (SSSR count). The predicted octanol–water partition coefficient (Wildman–Crippen LogP) is 5.65. The van der Waals surface area contributed by atoms with Crippen LogP contribution in [0.25, 0.3) is 32.8 Å². The maximum Gasteiger partial charge on any atom is 0.307 e. The third-order valence-electron chi connectivity index (χ3n) is 6.01. The molecule has 0 fully saturated rings. The molecule has 3 heteroatoms. The van der Waals surface area contributed by atoms with Gasteiger partial charge in [-0.25, -0.2) is 0 Å². The number of aromatic nitrogens is 1. The van der Waals surface area contributed by atoms with Crippen molar-refractivity contribution in [3.05, 3.63) is 77.0 Å². The van der Waals surface area contributed by atoms with Gasteiger partial charge in [0.1, 0.15) is 0 Å². The molecule has 3 aromatic carbocycles. The smallest absolute Gasteiger partial charge is 0.307 e. The molecule has 0 aliphatic heterocycles. The first-order chi connectivity index (χ1) is 13.5. The van der Waals surface area contributed by atoms with Crippen molar-refractivity contribution in [2.45, 2.75) is 32.6 Å². The molecule has 1 heterocycles. The van der Waals surface area contributed by atoms with Crippen LogP contribution in [0.4, 0.5) is 0 Å². The average Bonchev–Trinajstić information content (AvgIpc) is 3.00. The minimum atomic E-state index is -0.832. The first-order valence-electron chi connectivity index (χ1n) is 9.69. The first-order valence-corrected chi connectivity index (χ1v) is 9.69. The number of pyridine rings is 1. The van der Waals surface area contributed by atoms with Gasteiger partial charge < -0.3 is 5.11 Å². The van der Waals surface area contributed by atoms with Crippen molar-refractivity contribution in [3.63, 3.8) is 0 Å². The molecule has 0 unspecified atom stereocenters. The van der Waals surface area contributed by atoms with E-state index in [0.29, 0.717) is 5.92 Å². The van der Waals surface area contributed by atoms with E-state index in [1.165, 1.54) is 21.9 Å². The van der Waals surface area contributed by atoms with Gasteiger partial charge in [0.15, 0.2) is 0 Å². The highest BCUT2D eigenvalue weighted by Crippen LogP contribution is 2.44. The van der Waals surface area contributed by atoms with Gasteiger partial charge in [-0.1, -0.05) is 55.5 Å². The third kappa shape index (κ3) is 2.43. The van der Waals surface area contributed by atoms with Gasteiger partial charge in [-0.15, -0.1) is 0 Å². The van der Waals surface area contributed by atoms with Crippen molar-refractivity contribution in [2.75, 3.05) is 0 Å². The number of nitrogens with zero attached hydrogens (tertiary/aromatic N) is 1. The summed E-state index contributed by atoms with van der Waals surface area (Å²) in [7, 11) is 0. The lowest BCUT2D eigenvalue weighted by Gasteiger charge is -2.17. The summed E-state index contributed by atoms with van der Waals surface area (Å²) in [4.78, 5) is 16.3. The molecule has 3 nitrogen and oxygen atoms in total. The second kappa shape index (κ2) is 6.16. The number of aryl methyl sites for hydroxylation is 1. The molecule has 1 N–H and O–H groups in total. The minimum Gasteiger partial charge on any atom is -0.481 e. The van der Waals surface area contributed by atoms with Crippen LogP contribution in [-0.4, -0.2) is 16.1 Å². The number of aliphatic carboxylic acids is 1.